The first-order valence-corrected chi connectivity index (χ1v) is 7.24. The predicted molar refractivity (Wildman–Crippen MR) is 65.4 cm³/mol. The summed E-state index contributed by atoms with van der Waals surface area (Å²) < 4.78 is 28.8. The molecule has 1 aliphatic heterocycles. The Morgan fingerprint density at radius 3 is 2.61 bits per heavy atom. The fourth-order valence-corrected chi connectivity index (χ4v) is 4.72. The maximum Gasteiger partial charge on any atom is 0.246 e. The van der Waals surface area contributed by atoms with Crippen molar-refractivity contribution in [3.05, 3.63) is 18.2 Å². The highest BCUT2D eigenvalue weighted by Crippen LogP contribution is 2.48. The van der Waals surface area contributed by atoms with Crippen molar-refractivity contribution >= 4 is 21.4 Å². The summed E-state index contributed by atoms with van der Waals surface area (Å²) in [6, 6.07) is 4.64. The summed E-state index contributed by atoms with van der Waals surface area (Å²) >= 11 is 0. The molecule has 6 heteroatoms. The third kappa shape index (κ3) is 1.21. The molecule has 0 atom stereocenters. The zero-order valence-corrected chi connectivity index (χ0v) is 10.7. The number of hydrogen-bond donors (Lipinski definition) is 1. The third-order valence-corrected chi connectivity index (χ3v) is 6.37. The molecule has 0 unspecified atom stereocenters. The quantitative estimate of drug-likeness (QED) is 0.833. The minimum Gasteiger partial charge on any atom is -0.497 e. The van der Waals surface area contributed by atoms with Crippen molar-refractivity contribution in [2.45, 2.75) is 28.9 Å². The zero-order valence-electron chi connectivity index (χ0n) is 9.89. The molecule has 0 saturated heterocycles. The van der Waals surface area contributed by atoms with E-state index in [2.05, 4.69) is 5.32 Å². The first-order chi connectivity index (χ1) is 8.51. The van der Waals surface area contributed by atoms with Crippen molar-refractivity contribution in [2.75, 3.05) is 12.4 Å². The van der Waals surface area contributed by atoms with Gasteiger partial charge in [0, 0.05) is 6.07 Å². The van der Waals surface area contributed by atoms with E-state index in [4.69, 9.17) is 4.74 Å². The molecule has 1 amide bonds. The molecule has 1 N–H and O–H groups in total. The smallest absolute Gasteiger partial charge is 0.246 e. The van der Waals surface area contributed by atoms with Gasteiger partial charge in [0.05, 0.1) is 17.7 Å². The van der Waals surface area contributed by atoms with Crippen molar-refractivity contribution in [1.29, 1.82) is 0 Å². The maximum absolute atomic E-state index is 12.5. The SMILES string of the molecule is COc1ccc2c(c1)NC(=O)C1(CCC1)S2(=O)=O. The molecule has 5 nitrogen and oxygen atoms in total. The second-order valence-corrected chi connectivity index (χ2v) is 6.90. The molecule has 1 heterocycles. The first-order valence-electron chi connectivity index (χ1n) is 5.75. The molecule has 0 radical (unpaired) electrons. The highest BCUT2D eigenvalue weighted by molar-refractivity contribution is 7.94. The van der Waals surface area contributed by atoms with Gasteiger partial charge in [0.25, 0.3) is 0 Å². The molecule has 0 aromatic heterocycles. The van der Waals surface area contributed by atoms with Crippen LogP contribution in [-0.4, -0.2) is 26.2 Å². The maximum atomic E-state index is 12.5. The Morgan fingerprint density at radius 2 is 2.06 bits per heavy atom. The average molecular weight is 267 g/mol. The van der Waals surface area contributed by atoms with Gasteiger partial charge in [0.1, 0.15) is 5.75 Å². The summed E-state index contributed by atoms with van der Waals surface area (Å²) in [6.07, 6.45) is 1.59. The Balaban J connectivity index is 2.21. The summed E-state index contributed by atoms with van der Waals surface area (Å²) in [4.78, 5) is 12.2. The molecule has 1 aliphatic carbocycles. The van der Waals surface area contributed by atoms with Crippen molar-refractivity contribution in [1.82, 2.24) is 0 Å². The Hall–Kier alpha value is -1.56. The Labute approximate surface area is 105 Å². The van der Waals surface area contributed by atoms with Gasteiger partial charge in [0.2, 0.25) is 5.91 Å². The number of nitrogens with one attached hydrogen (secondary N) is 1. The second-order valence-electron chi connectivity index (χ2n) is 4.67. The molecular formula is C12H13NO4S. The lowest BCUT2D eigenvalue weighted by atomic mass is 9.83. The topological polar surface area (TPSA) is 72.5 Å². The van der Waals surface area contributed by atoms with Gasteiger partial charge in [0.15, 0.2) is 14.6 Å². The molecule has 2 aliphatic rings. The van der Waals surface area contributed by atoms with Gasteiger partial charge < -0.3 is 10.1 Å². The number of anilines is 1. The summed E-state index contributed by atoms with van der Waals surface area (Å²) in [5.41, 5.74) is 0.317. The molecule has 3 rings (SSSR count). The number of benzene rings is 1. The van der Waals surface area contributed by atoms with E-state index in [9.17, 15) is 13.2 Å². The van der Waals surface area contributed by atoms with Crippen molar-refractivity contribution in [2.24, 2.45) is 0 Å². The number of ether oxygens (including phenoxy) is 1. The first kappa shape index (κ1) is 11.5. The van der Waals surface area contributed by atoms with Crippen molar-refractivity contribution < 1.29 is 17.9 Å². The van der Waals surface area contributed by atoms with Gasteiger partial charge in [-0.1, -0.05) is 0 Å². The van der Waals surface area contributed by atoms with E-state index < -0.39 is 20.5 Å². The summed E-state index contributed by atoms with van der Waals surface area (Å²) in [6.45, 7) is 0. The second kappa shape index (κ2) is 3.47. The van der Waals surface area contributed by atoms with Gasteiger partial charge in [-0.05, 0) is 31.4 Å². The van der Waals surface area contributed by atoms with Gasteiger partial charge >= 0.3 is 0 Å². The van der Waals surface area contributed by atoms with E-state index in [0.29, 0.717) is 24.3 Å². The lowest BCUT2D eigenvalue weighted by Gasteiger charge is -2.42. The minimum atomic E-state index is -3.59. The van der Waals surface area contributed by atoms with Crippen molar-refractivity contribution in [3.8, 4) is 5.75 Å². The summed E-state index contributed by atoms with van der Waals surface area (Å²) in [5.74, 6) is 0.114. The molecular weight excluding hydrogens is 254 g/mol. The largest absolute Gasteiger partial charge is 0.497 e. The minimum absolute atomic E-state index is 0.197. The highest BCUT2D eigenvalue weighted by atomic mass is 32.2. The van der Waals surface area contributed by atoms with E-state index in [1.54, 1.807) is 6.07 Å². The van der Waals surface area contributed by atoms with Crippen LogP contribution >= 0.6 is 0 Å². The van der Waals surface area contributed by atoms with Crippen LogP contribution in [0.3, 0.4) is 0 Å². The zero-order chi connectivity index (χ0) is 13.0. The van der Waals surface area contributed by atoms with E-state index in [-0.39, 0.29) is 4.90 Å². The van der Waals surface area contributed by atoms with E-state index >= 15 is 0 Å². The van der Waals surface area contributed by atoms with E-state index in [1.165, 1.54) is 19.2 Å². The highest BCUT2D eigenvalue weighted by Gasteiger charge is 2.58. The van der Waals surface area contributed by atoms with Gasteiger partial charge in [-0.3, -0.25) is 4.79 Å². The normalized spacial score (nSPS) is 22.8. The molecule has 1 spiro atoms. The fraction of sp³-hybridized carbons (Fsp3) is 0.417. The molecule has 0 bridgehead atoms. The Kier molecular flexibility index (Phi) is 2.22. The number of methoxy groups -OCH3 is 1. The number of amides is 1. The molecule has 96 valence electrons. The number of carbonyl (C=O) groups excluding carboxylic acids is 1. The number of sulfone groups is 1. The third-order valence-electron chi connectivity index (χ3n) is 3.81. The summed E-state index contributed by atoms with van der Waals surface area (Å²) in [5, 5.41) is 2.68. The van der Waals surface area contributed by atoms with Gasteiger partial charge in [-0.15, -0.1) is 0 Å². The monoisotopic (exact) mass is 267 g/mol. The van der Waals surface area contributed by atoms with Gasteiger partial charge in [-0.2, -0.15) is 0 Å². The average Bonchev–Trinajstić information content (AvgIpc) is 2.25. The standard InChI is InChI=1S/C12H13NO4S/c1-17-8-3-4-10-9(7-8)13-11(14)12(5-2-6-12)18(10,15)16/h3-4,7H,2,5-6H2,1H3,(H,13,14). The Morgan fingerprint density at radius 1 is 1.33 bits per heavy atom. The van der Waals surface area contributed by atoms with Gasteiger partial charge in [-0.25, -0.2) is 8.42 Å². The fourth-order valence-electron chi connectivity index (χ4n) is 2.53. The van der Waals surface area contributed by atoms with Crippen LogP contribution in [0.1, 0.15) is 19.3 Å². The molecule has 18 heavy (non-hydrogen) atoms. The lowest BCUT2D eigenvalue weighted by Crippen LogP contribution is -2.57. The van der Waals surface area contributed by atoms with Crippen LogP contribution in [0.2, 0.25) is 0 Å². The number of rotatable bonds is 1. The van der Waals surface area contributed by atoms with Crippen LogP contribution in [0.5, 0.6) is 5.75 Å². The molecule has 1 aromatic rings. The van der Waals surface area contributed by atoms with E-state index in [0.717, 1.165) is 6.42 Å². The predicted octanol–water partition coefficient (Wildman–Crippen LogP) is 1.34. The van der Waals surface area contributed by atoms with Crippen LogP contribution in [0, 0.1) is 0 Å². The van der Waals surface area contributed by atoms with Crippen LogP contribution in [0.15, 0.2) is 23.1 Å². The Bertz CT molecular complexity index is 631. The molecule has 1 saturated carbocycles. The van der Waals surface area contributed by atoms with Crippen LogP contribution < -0.4 is 10.1 Å². The van der Waals surface area contributed by atoms with Crippen LogP contribution in [0.25, 0.3) is 0 Å². The van der Waals surface area contributed by atoms with Crippen LogP contribution in [0.4, 0.5) is 5.69 Å². The number of hydrogen-bond acceptors (Lipinski definition) is 4. The molecule has 1 aromatic carbocycles. The lowest BCUT2D eigenvalue weighted by molar-refractivity contribution is -0.120. The molecule has 1 fully saturated rings. The number of fused-ring (bicyclic) bond motifs is 1. The van der Waals surface area contributed by atoms with Crippen LogP contribution in [-0.2, 0) is 14.6 Å². The van der Waals surface area contributed by atoms with E-state index in [1.807, 2.05) is 0 Å². The summed E-state index contributed by atoms with van der Waals surface area (Å²) in [7, 11) is -2.09. The van der Waals surface area contributed by atoms with Crippen molar-refractivity contribution in [3.63, 3.8) is 0 Å². The number of carbonyl (C=O) groups is 1.